The number of rotatable bonds is 5. The van der Waals surface area contributed by atoms with Crippen molar-refractivity contribution >= 4 is 11.6 Å². The lowest BCUT2D eigenvalue weighted by atomic mass is 9.72. The first-order valence-electron chi connectivity index (χ1n) is 14.0. The van der Waals surface area contributed by atoms with E-state index >= 15 is 0 Å². The molecule has 2 bridgehead atoms. The van der Waals surface area contributed by atoms with E-state index in [1.54, 1.807) is 32.8 Å². The number of benzene rings is 2. The monoisotopic (exact) mass is 601 g/mol. The van der Waals surface area contributed by atoms with Crippen molar-refractivity contribution in [3.63, 3.8) is 0 Å². The highest BCUT2D eigenvalue weighted by Gasteiger charge is 2.59. The molecule has 1 saturated heterocycles. The number of fused-ring (bicyclic) bond motifs is 8. The van der Waals surface area contributed by atoms with Gasteiger partial charge in [0.25, 0.3) is 0 Å². The summed E-state index contributed by atoms with van der Waals surface area (Å²) in [4.78, 5) is 29.8. The summed E-state index contributed by atoms with van der Waals surface area (Å²) in [5.41, 5.74) is -3.54. The van der Waals surface area contributed by atoms with Crippen LogP contribution in [-0.2, 0) is 21.5 Å². The molecule has 0 spiro atoms. The normalized spacial score (nSPS) is 33.3. The highest BCUT2D eigenvalue weighted by atomic mass is 16.7. The molecule has 8 unspecified atom stereocenters. The molecule has 2 aliphatic heterocycles. The Kier molecular flexibility index (Phi) is 6.91. The number of aromatic hydroxyl groups is 2. The second-order valence-corrected chi connectivity index (χ2v) is 12.5. The second kappa shape index (κ2) is 9.94. The van der Waals surface area contributed by atoms with Crippen LogP contribution in [-0.4, -0.2) is 116 Å². The summed E-state index contributed by atoms with van der Waals surface area (Å²) < 4.78 is 17.7. The molecule has 2 aromatic rings. The van der Waals surface area contributed by atoms with Gasteiger partial charge in [0, 0.05) is 29.5 Å². The Labute approximate surface area is 246 Å². The third-order valence-corrected chi connectivity index (χ3v) is 9.07. The number of carbonyl (C=O) groups is 2. The van der Waals surface area contributed by atoms with E-state index in [4.69, 9.17) is 14.2 Å². The average molecular weight is 602 g/mol. The predicted molar refractivity (Wildman–Crippen MR) is 146 cm³/mol. The maximum atomic E-state index is 14.2. The highest BCUT2D eigenvalue weighted by Crippen LogP contribution is 2.54. The number of hydrogen-bond acceptors (Lipinski definition) is 13. The summed E-state index contributed by atoms with van der Waals surface area (Å²) in [5.74, 6) is -2.91. The number of nitrogens with zero attached hydrogens (tertiary/aromatic N) is 1. The molecule has 232 valence electrons. The first-order chi connectivity index (χ1) is 20.1. The van der Waals surface area contributed by atoms with E-state index in [2.05, 4.69) is 0 Å². The largest absolute Gasteiger partial charge is 0.507 e. The molecule has 2 aliphatic carbocycles. The summed E-state index contributed by atoms with van der Waals surface area (Å²) in [6, 6.07) is 1.76. The molecular formula is C30H35NO12. The Hall–Kier alpha value is -3.14. The summed E-state index contributed by atoms with van der Waals surface area (Å²) in [7, 11) is 3.33. The number of ether oxygens (including phenoxy) is 3. The minimum Gasteiger partial charge on any atom is -0.507 e. The summed E-state index contributed by atoms with van der Waals surface area (Å²) >= 11 is 0. The fourth-order valence-corrected chi connectivity index (χ4v) is 6.98. The molecule has 0 amide bonds. The van der Waals surface area contributed by atoms with Crippen LogP contribution in [0.5, 0.6) is 17.2 Å². The minimum absolute atomic E-state index is 0.00557. The van der Waals surface area contributed by atoms with Crippen LogP contribution in [0, 0.1) is 0 Å². The van der Waals surface area contributed by atoms with E-state index in [9.17, 15) is 45.3 Å². The fraction of sp³-hybridized carbons (Fsp3) is 0.533. The molecule has 13 nitrogen and oxygen atoms in total. The fourth-order valence-electron chi connectivity index (χ4n) is 6.98. The molecular weight excluding hydrogens is 566 g/mol. The number of phenolic OH excluding ortho intramolecular Hbond substituents is 2. The van der Waals surface area contributed by atoms with Gasteiger partial charge < -0.3 is 54.9 Å². The average Bonchev–Trinajstić information content (AvgIpc) is 2.92. The van der Waals surface area contributed by atoms with Gasteiger partial charge in [0.05, 0.1) is 47.7 Å². The standard InChI is InChI=1S/C30H35NO12/c1-29(40)7-11-5-13-18(23(36)17(11)16(8-29)41-10-12(33)9-32)24(37)19-15(34)6-14-26(20(19)22(13)35)42-28-25(38)21(31(3)4)27(39)30(14,2)43-28/h5-6,12,16,21,25,27-28,32-34,36,38-40H,7-10H2,1-4H3. The van der Waals surface area contributed by atoms with Crippen molar-refractivity contribution in [2.75, 3.05) is 27.3 Å². The van der Waals surface area contributed by atoms with Gasteiger partial charge >= 0.3 is 0 Å². The van der Waals surface area contributed by atoms with Gasteiger partial charge in [0.1, 0.15) is 41.2 Å². The molecule has 1 fully saturated rings. The number of ketones is 2. The van der Waals surface area contributed by atoms with Crippen molar-refractivity contribution in [3.05, 3.63) is 51.1 Å². The van der Waals surface area contributed by atoms with E-state index < -0.39 is 83.2 Å². The minimum atomic E-state index is -1.54. The summed E-state index contributed by atoms with van der Waals surface area (Å²) in [6.45, 7) is 2.20. The van der Waals surface area contributed by atoms with Crippen LogP contribution >= 0.6 is 0 Å². The predicted octanol–water partition coefficient (Wildman–Crippen LogP) is -0.403. The molecule has 0 saturated carbocycles. The van der Waals surface area contributed by atoms with Crippen LogP contribution in [0.3, 0.4) is 0 Å². The van der Waals surface area contributed by atoms with Crippen molar-refractivity contribution < 1.29 is 59.5 Å². The van der Waals surface area contributed by atoms with Crippen molar-refractivity contribution in [1.29, 1.82) is 0 Å². The van der Waals surface area contributed by atoms with Crippen LogP contribution < -0.4 is 4.74 Å². The Morgan fingerprint density at radius 3 is 2.44 bits per heavy atom. The van der Waals surface area contributed by atoms with E-state index in [0.29, 0.717) is 5.56 Å². The van der Waals surface area contributed by atoms with Crippen LogP contribution in [0.2, 0.25) is 0 Å². The third-order valence-electron chi connectivity index (χ3n) is 9.07. The number of phenols is 2. The van der Waals surface area contributed by atoms with Crippen molar-refractivity contribution in [2.24, 2.45) is 0 Å². The number of aliphatic hydroxyl groups excluding tert-OH is 4. The van der Waals surface area contributed by atoms with Crippen LogP contribution in [0.25, 0.3) is 0 Å². The third kappa shape index (κ3) is 4.30. The zero-order valence-electron chi connectivity index (χ0n) is 24.1. The number of hydrogen-bond donors (Lipinski definition) is 7. The van der Waals surface area contributed by atoms with Gasteiger partial charge in [-0.3, -0.25) is 9.59 Å². The van der Waals surface area contributed by atoms with Crippen LogP contribution in [0.15, 0.2) is 12.1 Å². The number of aliphatic hydroxyl groups is 5. The van der Waals surface area contributed by atoms with E-state index in [1.807, 2.05) is 0 Å². The van der Waals surface area contributed by atoms with E-state index in [-0.39, 0.29) is 53.0 Å². The lowest BCUT2D eigenvalue weighted by Gasteiger charge is -2.53. The first kappa shape index (κ1) is 29.9. The van der Waals surface area contributed by atoms with Gasteiger partial charge in [0.2, 0.25) is 12.1 Å². The highest BCUT2D eigenvalue weighted by molar-refractivity contribution is 6.31. The van der Waals surface area contributed by atoms with Gasteiger partial charge in [-0.1, -0.05) is 0 Å². The van der Waals surface area contributed by atoms with Gasteiger partial charge in [-0.15, -0.1) is 0 Å². The lowest BCUT2D eigenvalue weighted by molar-refractivity contribution is -0.311. The number of carbonyl (C=O) groups excluding carboxylic acids is 2. The van der Waals surface area contributed by atoms with Gasteiger partial charge in [-0.2, -0.15) is 0 Å². The Balaban J connectivity index is 1.52. The molecule has 8 atom stereocenters. The molecule has 43 heavy (non-hydrogen) atoms. The van der Waals surface area contributed by atoms with Crippen LogP contribution in [0.1, 0.15) is 74.9 Å². The Morgan fingerprint density at radius 2 is 1.79 bits per heavy atom. The zero-order chi connectivity index (χ0) is 31.3. The molecule has 0 aromatic heterocycles. The quantitative estimate of drug-likeness (QED) is 0.199. The molecule has 6 rings (SSSR count). The van der Waals surface area contributed by atoms with Gasteiger partial charge in [-0.25, -0.2) is 0 Å². The maximum Gasteiger partial charge on any atom is 0.228 e. The second-order valence-electron chi connectivity index (χ2n) is 12.5. The van der Waals surface area contributed by atoms with E-state index in [0.717, 1.165) is 0 Å². The van der Waals surface area contributed by atoms with Gasteiger partial charge in [0.15, 0.2) is 5.78 Å². The smallest absolute Gasteiger partial charge is 0.228 e. The van der Waals surface area contributed by atoms with Crippen molar-refractivity contribution in [3.8, 4) is 17.2 Å². The Morgan fingerprint density at radius 1 is 1.09 bits per heavy atom. The molecule has 2 aromatic carbocycles. The molecule has 7 N–H and O–H groups in total. The zero-order valence-corrected chi connectivity index (χ0v) is 24.1. The molecule has 13 heteroatoms. The van der Waals surface area contributed by atoms with E-state index in [1.165, 1.54) is 12.1 Å². The molecule has 4 aliphatic rings. The molecule has 0 radical (unpaired) electrons. The summed E-state index contributed by atoms with van der Waals surface area (Å²) in [6.07, 6.45) is -6.18. The van der Waals surface area contributed by atoms with Crippen molar-refractivity contribution in [2.45, 2.75) is 74.6 Å². The first-order valence-corrected chi connectivity index (χ1v) is 14.0. The SMILES string of the molecule is CN(C)C1C(O)C2Oc3c(cc(O)c4c3C(=O)c3cc5c(c(O)c3C4=O)C(OCC(O)CO)CC(C)(O)C5)C(C)(O2)C1O. The summed E-state index contributed by atoms with van der Waals surface area (Å²) in [5, 5.41) is 74.9. The van der Waals surface area contributed by atoms with Crippen LogP contribution in [0.4, 0.5) is 0 Å². The number of likely N-dealkylation sites (N-methyl/N-ethyl adjacent to an activating group) is 1. The van der Waals surface area contributed by atoms with Crippen molar-refractivity contribution in [1.82, 2.24) is 4.90 Å². The lowest BCUT2D eigenvalue weighted by Crippen LogP contribution is -2.68. The topological polar surface area (TPSA) is 207 Å². The Bertz CT molecular complexity index is 1540. The molecule has 2 heterocycles. The maximum absolute atomic E-state index is 14.2. The van der Waals surface area contributed by atoms with Gasteiger partial charge in [-0.05, 0) is 45.6 Å².